The number of anilines is 1. The number of carbonyl (C=O) groups is 2. The lowest BCUT2D eigenvalue weighted by atomic mass is 10.1. The van der Waals surface area contributed by atoms with Crippen molar-refractivity contribution in [3.63, 3.8) is 0 Å². The smallest absolute Gasteiger partial charge is 0.435 e. The second kappa shape index (κ2) is 9.53. The number of nitrogens with zero attached hydrogens (tertiary/aromatic N) is 2. The SMILES string of the molecule is CCOC(=O)c1ccc(N2N=C(C(F)(F)F)C(=Cc3cc(Cl)c(O)c(OCC)c3)C2=O)cc1. The van der Waals surface area contributed by atoms with Crippen LogP contribution in [0.2, 0.25) is 5.02 Å². The lowest BCUT2D eigenvalue weighted by molar-refractivity contribution is -0.114. The molecule has 0 aliphatic carbocycles. The fourth-order valence-electron chi connectivity index (χ4n) is 2.99. The molecule has 0 bridgehead atoms. The molecule has 0 unspecified atom stereocenters. The summed E-state index contributed by atoms with van der Waals surface area (Å²) < 4.78 is 51.1. The summed E-state index contributed by atoms with van der Waals surface area (Å²) >= 11 is 5.95. The Kier molecular flexibility index (Phi) is 6.97. The third-order valence-electron chi connectivity index (χ3n) is 4.43. The van der Waals surface area contributed by atoms with Crippen molar-refractivity contribution >= 4 is 41.0 Å². The summed E-state index contributed by atoms with van der Waals surface area (Å²) in [6.07, 6.45) is -3.96. The first-order chi connectivity index (χ1) is 15.6. The number of esters is 1. The van der Waals surface area contributed by atoms with Gasteiger partial charge in [-0.15, -0.1) is 0 Å². The number of alkyl halides is 3. The van der Waals surface area contributed by atoms with Crippen LogP contribution in [-0.2, 0) is 9.53 Å². The summed E-state index contributed by atoms with van der Waals surface area (Å²) in [6.45, 7) is 3.62. The fourth-order valence-corrected chi connectivity index (χ4v) is 3.21. The Morgan fingerprint density at radius 3 is 2.42 bits per heavy atom. The van der Waals surface area contributed by atoms with Crippen molar-refractivity contribution in [2.45, 2.75) is 20.0 Å². The highest BCUT2D eigenvalue weighted by atomic mass is 35.5. The first-order valence-corrected chi connectivity index (χ1v) is 10.1. The Morgan fingerprint density at radius 2 is 1.85 bits per heavy atom. The minimum absolute atomic E-state index is 0.0249. The molecule has 1 amide bonds. The van der Waals surface area contributed by atoms with Crippen molar-refractivity contribution in [1.29, 1.82) is 0 Å². The number of benzene rings is 2. The normalized spacial score (nSPS) is 15.1. The topological polar surface area (TPSA) is 88.4 Å². The largest absolute Gasteiger partial charge is 0.503 e. The van der Waals surface area contributed by atoms with E-state index in [1.54, 1.807) is 13.8 Å². The minimum atomic E-state index is -4.93. The maximum absolute atomic E-state index is 13.7. The molecule has 0 fully saturated rings. The molecule has 0 spiro atoms. The third-order valence-corrected chi connectivity index (χ3v) is 4.72. The molecule has 1 N–H and O–H groups in total. The van der Waals surface area contributed by atoms with Crippen LogP contribution in [0.4, 0.5) is 18.9 Å². The van der Waals surface area contributed by atoms with Crippen molar-refractivity contribution < 1.29 is 37.3 Å². The maximum atomic E-state index is 13.7. The van der Waals surface area contributed by atoms with E-state index in [2.05, 4.69) is 5.10 Å². The number of hydrazone groups is 1. The van der Waals surface area contributed by atoms with Crippen molar-refractivity contribution in [3.8, 4) is 11.5 Å². The van der Waals surface area contributed by atoms with Gasteiger partial charge in [-0.25, -0.2) is 4.79 Å². The van der Waals surface area contributed by atoms with Crippen molar-refractivity contribution in [3.05, 3.63) is 58.1 Å². The first kappa shape index (κ1) is 24.1. The van der Waals surface area contributed by atoms with Crippen LogP contribution in [0.25, 0.3) is 6.08 Å². The average molecular weight is 483 g/mol. The fraction of sp³-hybridized carbons (Fsp3) is 0.227. The highest BCUT2D eigenvalue weighted by Gasteiger charge is 2.46. The molecule has 3 rings (SSSR count). The van der Waals surface area contributed by atoms with Gasteiger partial charge in [0.05, 0.1) is 35.1 Å². The van der Waals surface area contributed by atoms with E-state index in [1.165, 1.54) is 36.4 Å². The monoisotopic (exact) mass is 482 g/mol. The van der Waals surface area contributed by atoms with Crippen molar-refractivity contribution in [2.24, 2.45) is 5.10 Å². The summed E-state index contributed by atoms with van der Waals surface area (Å²) in [4.78, 5) is 24.7. The molecule has 0 saturated heterocycles. The molecule has 33 heavy (non-hydrogen) atoms. The Balaban J connectivity index is 2.02. The zero-order valence-electron chi connectivity index (χ0n) is 17.4. The Morgan fingerprint density at radius 1 is 1.18 bits per heavy atom. The number of amides is 1. The summed E-state index contributed by atoms with van der Waals surface area (Å²) in [5, 5.41) is 13.9. The molecule has 0 atom stereocenters. The van der Waals surface area contributed by atoms with Gasteiger partial charge in [0.25, 0.3) is 5.91 Å². The van der Waals surface area contributed by atoms with Gasteiger partial charge in [0, 0.05) is 0 Å². The molecule has 1 heterocycles. The Labute approximate surface area is 191 Å². The molecule has 11 heteroatoms. The number of hydrogen-bond donors (Lipinski definition) is 1. The van der Waals surface area contributed by atoms with Crippen LogP contribution in [-0.4, -0.2) is 42.1 Å². The van der Waals surface area contributed by atoms with Crippen molar-refractivity contribution in [2.75, 3.05) is 18.2 Å². The van der Waals surface area contributed by atoms with Gasteiger partial charge in [0.1, 0.15) is 0 Å². The molecule has 2 aromatic carbocycles. The minimum Gasteiger partial charge on any atom is -0.503 e. The molecule has 0 radical (unpaired) electrons. The molecule has 7 nitrogen and oxygen atoms in total. The van der Waals surface area contributed by atoms with Gasteiger partial charge in [-0.05, 0) is 61.9 Å². The second-order valence-corrected chi connectivity index (χ2v) is 7.08. The number of carbonyl (C=O) groups excluding carboxylic acids is 2. The van der Waals surface area contributed by atoms with E-state index in [9.17, 15) is 27.9 Å². The van der Waals surface area contributed by atoms with E-state index in [0.717, 1.165) is 6.08 Å². The predicted molar refractivity (Wildman–Crippen MR) is 116 cm³/mol. The predicted octanol–water partition coefficient (Wildman–Crippen LogP) is 4.97. The number of halogens is 4. The first-order valence-electron chi connectivity index (χ1n) is 9.71. The van der Waals surface area contributed by atoms with Crippen LogP contribution < -0.4 is 9.75 Å². The standard InChI is InChI=1S/C22H18ClF3N2O5/c1-3-32-17-11-12(10-16(23)18(17)29)9-15-19(22(24,25)26)27-28(20(15)30)14-7-5-13(6-8-14)21(31)33-4-2/h5-11,29H,3-4H2,1-2H3. The van der Waals surface area contributed by atoms with Gasteiger partial charge in [0.2, 0.25) is 0 Å². The van der Waals surface area contributed by atoms with E-state index in [0.29, 0.717) is 5.01 Å². The number of ether oxygens (including phenoxy) is 2. The Bertz CT molecular complexity index is 1140. The lowest BCUT2D eigenvalue weighted by Gasteiger charge is -2.12. The van der Waals surface area contributed by atoms with E-state index in [1.807, 2.05) is 0 Å². The molecule has 0 aromatic heterocycles. The number of aromatic hydroxyl groups is 1. The van der Waals surface area contributed by atoms with Crippen molar-refractivity contribution in [1.82, 2.24) is 0 Å². The Hall–Kier alpha value is -3.53. The van der Waals surface area contributed by atoms with Gasteiger partial charge < -0.3 is 14.6 Å². The number of rotatable bonds is 6. The molecular weight excluding hydrogens is 465 g/mol. The van der Waals surface area contributed by atoms with Crippen LogP contribution in [0.3, 0.4) is 0 Å². The van der Waals surface area contributed by atoms with Crippen LogP contribution in [0, 0.1) is 0 Å². The van der Waals surface area contributed by atoms with Crippen LogP contribution in [0.5, 0.6) is 11.5 Å². The van der Waals surface area contributed by atoms with E-state index in [-0.39, 0.29) is 46.5 Å². The molecule has 174 valence electrons. The second-order valence-electron chi connectivity index (χ2n) is 6.67. The summed E-state index contributed by atoms with van der Waals surface area (Å²) in [7, 11) is 0. The summed E-state index contributed by atoms with van der Waals surface area (Å²) in [5.74, 6) is -2.05. The number of phenolic OH excluding ortho intramolecular Hbond substituents is 1. The van der Waals surface area contributed by atoms with Crippen LogP contribution >= 0.6 is 11.6 Å². The molecule has 1 aliphatic heterocycles. The van der Waals surface area contributed by atoms with Gasteiger partial charge >= 0.3 is 12.1 Å². The average Bonchev–Trinajstić information content (AvgIpc) is 3.08. The van der Waals surface area contributed by atoms with E-state index < -0.39 is 29.3 Å². The number of hydrogen-bond acceptors (Lipinski definition) is 6. The van der Waals surface area contributed by atoms with Gasteiger partial charge in [-0.1, -0.05) is 11.6 Å². The highest BCUT2D eigenvalue weighted by molar-refractivity contribution is 6.35. The number of phenols is 1. The maximum Gasteiger partial charge on any atom is 0.435 e. The molecule has 0 saturated carbocycles. The summed E-state index contributed by atoms with van der Waals surface area (Å²) in [6, 6.07) is 7.67. The zero-order valence-corrected chi connectivity index (χ0v) is 18.2. The van der Waals surface area contributed by atoms with E-state index >= 15 is 0 Å². The van der Waals surface area contributed by atoms with Crippen LogP contribution in [0.15, 0.2) is 47.1 Å². The van der Waals surface area contributed by atoms with E-state index in [4.69, 9.17) is 21.1 Å². The molecule has 1 aliphatic rings. The van der Waals surface area contributed by atoms with Gasteiger partial charge in [-0.2, -0.15) is 23.3 Å². The summed E-state index contributed by atoms with van der Waals surface area (Å²) in [5.41, 5.74) is -1.83. The van der Waals surface area contributed by atoms with Gasteiger partial charge in [0.15, 0.2) is 17.2 Å². The van der Waals surface area contributed by atoms with Gasteiger partial charge in [-0.3, -0.25) is 4.79 Å². The molecular formula is C22H18ClF3N2O5. The lowest BCUT2D eigenvalue weighted by Crippen LogP contribution is -2.25. The quantitative estimate of drug-likeness (QED) is 0.464. The zero-order chi connectivity index (χ0) is 24.3. The molecule has 2 aromatic rings. The third kappa shape index (κ3) is 5.11. The highest BCUT2D eigenvalue weighted by Crippen LogP contribution is 2.37. The van der Waals surface area contributed by atoms with Crippen LogP contribution in [0.1, 0.15) is 29.8 Å².